The van der Waals surface area contributed by atoms with Crippen molar-refractivity contribution in [3.63, 3.8) is 0 Å². The van der Waals surface area contributed by atoms with E-state index in [-0.39, 0.29) is 17.7 Å². The maximum atomic E-state index is 12.6. The van der Waals surface area contributed by atoms with E-state index in [1.54, 1.807) is 0 Å². The van der Waals surface area contributed by atoms with Gasteiger partial charge in [-0.1, -0.05) is 30.3 Å². The molecule has 1 aliphatic heterocycles. The summed E-state index contributed by atoms with van der Waals surface area (Å²) in [5.41, 5.74) is 4.67. The number of fused-ring (bicyclic) bond motifs is 1. The van der Waals surface area contributed by atoms with Gasteiger partial charge in [0.05, 0.1) is 12.5 Å². The van der Waals surface area contributed by atoms with Crippen molar-refractivity contribution in [2.24, 2.45) is 5.92 Å². The van der Waals surface area contributed by atoms with Crippen LogP contribution in [0.4, 0.5) is 5.69 Å². The van der Waals surface area contributed by atoms with E-state index in [4.69, 9.17) is 4.74 Å². The van der Waals surface area contributed by atoms with Crippen LogP contribution in [0.3, 0.4) is 0 Å². The summed E-state index contributed by atoms with van der Waals surface area (Å²) >= 11 is 0. The standard InChI is InChI=1S/C23H27N3O2/c1-26(2)18-9-7-16(8-10-18)20(13-25-23(27)17-11-12-28-15-17)21-14-24-22-6-4-3-5-19(21)22/h3-10,14,17,20,24H,11-13,15H2,1-2H3,(H,25,27). The largest absolute Gasteiger partial charge is 0.381 e. The lowest BCUT2D eigenvalue weighted by Gasteiger charge is -2.21. The van der Waals surface area contributed by atoms with Crippen molar-refractivity contribution in [3.05, 3.63) is 65.9 Å². The Morgan fingerprint density at radius 2 is 2.00 bits per heavy atom. The third kappa shape index (κ3) is 3.76. The lowest BCUT2D eigenvalue weighted by atomic mass is 9.90. The van der Waals surface area contributed by atoms with Gasteiger partial charge in [-0.2, -0.15) is 0 Å². The predicted octanol–water partition coefficient (Wildman–Crippen LogP) is 3.52. The maximum Gasteiger partial charge on any atom is 0.225 e. The number of nitrogens with zero attached hydrogens (tertiary/aromatic N) is 1. The Balaban J connectivity index is 1.63. The molecule has 1 fully saturated rings. The summed E-state index contributed by atoms with van der Waals surface area (Å²) in [5, 5.41) is 4.37. The molecule has 1 saturated heterocycles. The first kappa shape index (κ1) is 18.6. The number of carbonyl (C=O) groups excluding carboxylic acids is 1. The van der Waals surface area contributed by atoms with Gasteiger partial charge in [0.15, 0.2) is 0 Å². The average molecular weight is 377 g/mol. The number of hydrogen-bond donors (Lipinski definition) is 2. The highest BCUT2D eigenvalue weighted by Gasteiger charge is 2.25. The smallest absolute Gasteiger partial charge is 0.225 e. The molecule has 0 saturated carbocycles. The number of hydrogen-bond acceptors (Lipinski definition) is 3. The normalized spacial score (nSPS) is 17.6. The highest BCUT2D eigenvalue weighted by Crippen LogP contribution is 2.31. The second-order valence-electron chi connectivity index (χ2n) is 7.63. The van der Waals surface area contributed by atoms with Crippen LogP contribution in [-0.4, -0.2) is 44.7 Å². The van der Waals surface area contributed by atoms with Gasteiger partial charge in [-0.25, -0.2) is 0 Å². The number of carbonyl (C=O) groups is 1. The second-order valence-corrected chi connectivity index (χ2v) is 7.63. The van der Waals surface area contributed by atoms with E-state index >= 15 is 0 Å². The fourth-order valence-corrected chi connectivity index (χ4v) is 3.88. The summed E-state index contributed by atoms with van der Waals surface area (Å²) in [5.74, 6) is 0.144. The number of H-pyrrole nitrogens is 1. The van der Waals surface area contributed by atoms with Crippen LogP contribution in [0.5, 0.6) is 0 Å². The van der Waals surface area contributed by atoms with Gasteiger partial charge >= 0.3 is 0 Å². The van der Waals surface area contributed by atoms with Crippen LogP contribution in [0.25, 0.3) is 10.9 Å². The lowest BCUT2D eigenvalue weighted by Crippen LogP contribution is -2.34. The van der Waals surface area contributed by atoms with Crippen molar-refractivity contribution >= 4 is 22.5 Å². The molecule has 2 atom stereocenters. The van der Waals surface area contributed by atoms with Crippen LogP contribution in [-0.2, 0) is 9.53 Å². The van der Waals surface area contributed by atoms with E-state index in [1.807, 2.05) is 20.2 Å². The Labute approximate surface area is 165 Å². The number of aromatic amines is 1. The highest BCUT2D eigenvalue weighted by molar-refractivity contribution is 5.84. The molecule has 4 rings (SSSR count). The zero-order valence-electron chi connectivity index (χ0n) is 16.4. The summed E-state index contributed by atoms with van der Waals surface area (Å²) in [6, 6.07) is 16.9. The number of benzene rings is 2. The van der Waals surface area contributed by atoms with E-state index in [0.717, 1.165) is 17.6 Å². The second kappa shape index (κ2) is 8.07. The zero-order valence-corrected chi connectivity index (χ0v) is 16.4. The van der Waals surface area contributed by atoms with Gasteiger partial charge < -0.3 is 19.9 Å². The summed E-state index contributed by atoms with van der Waals surface area (Å²) in [6.07, 6.45) is 2.88. The molecular formula is C23H27N3O2. The number of para-hydroxylation sites is 1. The van der Waals surface area contributed by atoms with Gasteiger partial charge in [0.25, 0.3) is 0 Å². The predicted molar refractivity (Wildman–Crippen MR) is 113 cm³/mol. The van der Waals surface area contributed by atoms with Crippen molar-refractivity contribution in [2.75, 3.05) is 38.8 Å². The van der Waals surface area contributed by atoms with Crippen molar-refractivity contribution in [3.8, 4) is 0 Å². The highest BCUT2D eigenvalue weighted by atomic mass is 16.5. The molecule has 2 aromatic carbocycles. The maximum absolute atomic E-state index is 12.6. The molecule has 5 heteroatoms. The fraction of sp³-hybridized carbons (Fsp3) is 0.348. The molecule has 2 unspecified atom stereocenters. The Morgan fingerprint density at radius 3 is 2.71 bits per heavy atom. The Kier molecular flexibility index (Phi) is 5.35. The Hall–Kier alpha value is -2.79. The minimum absolute atomic E-state index is 0.0280. The number of ether oxygens (including phenoxy) is 1. The minimum Gasteiger partial charge on any atom is -0.381 e. The first-order valence-corrected chi connectivity index (χ1v) is 9.82. The first-order valence-electron chi connectivity index (χ1n) is 9.82. The summed E-state index contributed by atoms with van der Waals surface area (Å²) in [7, 11) is 4.08. The Morgan fingerprint density at radius 1 is 1.21 bits per heavy atom. The first-order chi connectivity index (χ1) is 13.6. The SMILES string of the molecule is CN(C)c1ccc(C(CNC(=O)C2CCOC2)c2c[nH]c3ccccc23)cc1. The number of aromatic nitrogens is 1. The number of nitrogens with one attached hydrogen (secondary N) is 2. The molecule has 5 nitrogen and oxygen atoms in total. The number of amides is 1. The van der Waals surface area contributed by atoms with E-state index < -0.39 is 0 Å². The van der Waals surface area contributed by atoms with Gasteiger partial charge in [-0.15, -0.1) is 0 Å². The molecule has 1 aromatic heterocycles. The van der Waals surface area contributed by atoms with Crippen LogP contribution in [0.15, 0.2) is 54.7 Å². The average Bonchev–Trinajstić information content (AvgIpc) is 3.39. The van der Waals surface area contributed by atoms with Crippen molar-refractivity contribution in [1.29, 1.82) is 0 Å². The summed E-state index contributed by atoms with van der Waals surface area (Å²) in [4.78, 5) is 18.0. The third-order valence-corrected chi connectivity index (χ3v) is 5.59. The summed E-state index contributed by atoms with van der Waals surface area (Å²) < 4.78 is 5.36. The molecule has 0 bridgehead atoms. The van der Waals surface area contributed by atoms with E-state index in [0.29, 0.717) is 19.8 Å². The van der Waals surface area contributed by atoms with E-state index in [1.165, 1.54) is 16.5 Å². The fourth-order valence-electron chi connectivity index (χ4n) is 3.88. The van der Waals surface area contributed by atoms with Crippen LogP contribution >= 0.6 is 0 Å². The third-order valence-electron chi connectivity index (χ3n) is 5.59. The quantitative estimate of drug-likeness (QED) is 0.691. The van der Waals surface area contributed by atoms with Gasteiger partial charge in [0.2, 0.25) is 5.91 Å². The van der Waals surface area contributed by atoms with Crippen LogP contribution in [0.1, 0.15) is 23.5 Å². The van der Waals surface area contributed by atoms with Gasteiger partial charge in [0, 0.05) is 56.0 Å². The molecule has 1 amide bonds. The molecule has 1 aliphatic rings. The Bertz CT molecular complexity index is 940. The molecule has 3 aromatic rings. The van der Waals surface area contributed by atoms with Gasteiger partial charge in [0.1, 0.15) is 0 Å². The van der Waals surface area contributed by atoms with Crippen LogP contribution in [0, 0.1) is 5.92 Å². The molecule has 2 N–H and O–H groups in total. The zero-order chi connectivity index (χ0) is 19.5. The minimum atomic E-state index is -0.0280. The molecule has 146 valence electrons. The van der Waals surface area contributed by atoms with Crippen molar-refractivity contribution < 1.29 is 9.53 Å². The van der Waals surface area contributed by atoms with Gasteiger partial charge in [-0.3, -0.25) is 4.79 Å². The monoisotopic (exact) mass is 377 g/mol. The molecule has 0 aliphatic carbocycles. The van der Waals surface area contributed by atoms with E-state index in [9.17, 15) is 4.79 Å². The molecule has 0 radical (unpaired) electrons. The molecule has 0 spiro atoms. The van der Waals surface area contributed by atoms with Crippen molar-refractivity contribution in [1.82, 2.24) is 10.3 Å². The van der Waals surface area contributed by atoms with Crippen LogP contribution in [0.2, 0.25) is 0 Å². The molecule has 28 heavy (non-hydrogen) atoms. The van der Waals surface area contributed by atoms with Crippen molar-refractivity contribution in [2.45, 2.75) is 12.3 Å². The van der Waals surface area contributed by atoms with Gasteiger partial charge in [-0.05, 0) is 35.7 Å². The number of rotatable bonds is 6. The number of anilines is 1. The van der Waals surface area contributed by atoms with Crippen LogP contribution < -0.4 is 10.2 Å². The molecular weight excluding hydrogens is 350 g/mol. The topological polar surface area (TPSA) is 57.4 Å². The summed E-state index contributed by atoms with van der Waals surface area (Å²) in [6.45, 7) is 1.77. The molecule has 2 heterocycles. The lowest BCUT2D eigenvalue weighted by molar-refractivity contribution is -0.124. The van der Waals surface area contributed by atoms with E-state index in [2.05, 4.69) is 63.9 Å².